The molecule has 5 heteroatoms. The number of esters is 1. The molecule has 2 atom stereocenters. The summed E-state index contributed by atoms with van der Waals surface area (Å²) in [5.74, 6) is -1.45. The standard InChI is InChI=1S/C16H20O5/c1-15(2,3)21-14(19)16(13(17)18)9-12(16)10-5-7-11(20-4)8-6-10/h5-8,12H,9H2,1-4H3,(H,17,18). The number of carboxylic acids is 1. The SMILES string of the molecule is COc1ccc(C2CC2(C(=O)O)C(=O)OC(C)(C)C)cc1. The van der Waals surface area contributed by atoms with Crippen LogP contribution in [0.1, 0.15) is 38.7 Å². The Balaban J connectivity index is 2.23. The molecule has 1 aromatic carbocycles. The van der Waals surface area contributed by atoms with Gasteiger partial charge >= 0.3 is 11.9 Å². The van der Waals surface area contributed by atoms with Crippen molar-refractivity contribution in [3.8, 4) is 5.75 Å². The van der Waals surface area contributed by atoms with Gasteiger partial charge in [-0.2, -0.15) is 0 Å². The topological polar surface area (TPSA) is 72.8 Å². The van der Waals surface area contributed by atoms with E-state index in [9.17, 15) is 14.7 Å². The Bertz CT molecular complexity index is 555. The third-order valence-electron chi connectivity index (χ3n) is 3.62. The first-order valence-corrected chi connectivity index (χ1v) is 6.81. The van der Waals surface area contributed by atoms with E-state index in [1.54, 1.807) is 52.1 Å². The molecule has 2 unspecified atom stereocenters. The van der Waals surface area contributed by atoms with Crippen molar-refractivity contribution in [3.05, 3.63) is 29.8 Å². The molecule has 1 saturated carbocycles. The van der Waals surface area contributed by atoms with Gasteiger partial charge in [0.05, 0.1) is 7.11 Å². The fourth-order valence-electron chi connectivity index (χ4n) is 2.42. The number of carboxylic acid groups (broad SMARTS) is 1. The third kappa shape index (κ3) is 2.86. The van der Waals surface area contributed by atoms with Crippen LogP contribution in [0.15, 0.2) is 24.3 Å². The van der Waals surface area contributed by atoms with Gasteiger partial charge in [0.2, 0.25) is 0 Å². The summed E-state index contributed by atoms with van der Waals surface area (Å²) < 4.78 is 10.4. The van der Waals surface area contributed by atoms with Gasteiger partial charge in [-0.3, -0.25) is 9.59 Å². The normalized spacial score (nSPS) is 24.3. The Labute approximate surface area is 123 Å². The highest BCUT2D eigenvalue weighted by Gasteiger charge is 2.68. The lowest BCUT2D eigenvalue weighted by Crippen LogP contribution is -2.35. The molecule has 1 fully saturated rings. The average molecular weight is 292 g/mol. The van der Waals surface area contributed by atoms with Gasteiger partial charge in [0.1, 0.15) is 11.4 Å². The molecule has 0 heterocycles. The summed E-state index contributed by atoms with van der Waals surface area (Å²) in [4.78, 5) is 23.9. The zero-order valence-corrected chi connectivity index (χ0v) is 12.7. The van der Waals surface area contributed by atoms with Crippen LogP contribution >= 0.6 is 0 Å². The Kier molecular flexibility index (Phi) is 3.70. The molecule has 1 N–H and O–H groups in total. The second kappa shape index (κ2) is 5.06. The van der Waals surface area contributed by atoms with E-state index < -0.39 is 23.0 Å². The van der Waals surface area contributed by atoms with Crippen molar-refractivity contribution in [2.75, 3.05) is 7.11 Å². The second-order valence-electron chi connectivity index (χ2n) is 6.31. The van der Waals surface area contributed by atoms with Crippen LogP contribution in [0, 0.1) is 5.41 Å². The molecular weight excluding hydrogens is 272 g/mol. The van der Waals surface area contributed by atoms with Gasteiger partial charge in [0.15, 0.2) is 5.41 Å². The molecule has 0 aliphatic heterocycles. The maximum atomic E-state index is 12.3. The third-order valence-corrected chi connectivity index (χ3v) is 3.62. The van der Waals surface area contributed by atoms with Crippen LogP contribution in [0.5, 0.6) is 5.75 Å². The maximum Gasteiger partial charge on any atom is 0.324 e. The lowest BCUT2D eigenvalue weighted by Gasteiger charge is -2.22. The summed E-state index contributed by atoms with van der Waals surface area (Å²) in [6.07, 6.45) is 0.267. The van der Waals surface area contributed by atoms with Crippen molar-refractivity contribution < 1.29 is 24.2 Å². The molecule has 0 radical (unpaired) electrons. The van der Waals surface area contributed by atoms with Gasteiger partial charge < -0.3 is 14.6 Å². The summed E-state index contributed by atoms with van der Waals surface area (Å²) in [7, 11) is 1.56. The number of methoxy groups -OCH3 is 1. The molecule has 21 heavy (non-hydrogen) atoms. The second-order valence-corrected chi connectivity index (χ2v) is 6.31. The minimum absolute atomic E-state index is 0.267. The number of carbonyl (C=O) groups is 2. The van der Waals surface area contributed by atoms with Crippen LogP contribution in [-0.4, -0.2) is 29.8 Å². The first-order chi connectivity index (χ1) is 9.70. The molecule has 0 bridgehead atoms. The fourth-order valence-corrected chi connectivity index (χ4v) is 2.42. The summed E-state index contributed by atoms with van der Waals surface area (Å²) >= 11 is 0. The van der Waals surface area contributed by atoms with Gasteiger partial charge in [0.25, 0.3) is 0 Å². The number of carbonyl (C=O) groups excluding carboxylic acids is 1. The van der Waals surface area contributed by atoms with Gasteiger partial charge in [-0.15, -0.1) is 0 Å². The molecule has 1 aliphatic carbocycles. The molecule has 0 amide bonds. The Morgan fingerprint density at radius 1 is 1.24 bits per heavy atom. The van der Waals surface area contributed by atoms with E-state index in [1.165, 1.54) is 0 Å². The van der Waals surface area contributed by atoms with Gasteiger partial charge in [-0.05, 0) is 44.9 Å². The molecular formula is C16H20O5. The number of aliphatic carboxylic acids is 1. The van der Waals surface area contributed by atoms with Crippen LogP contribution in [0.2, 0.25) is 0 Å². The average Bonchev–Trinajstić information content (AvgIpc) is 3.13. The molecule has 2 rings (SSSR count). The number of benzene rings is 1. The fraction of sp³-hybridized carbons (Fsp3) is 0.500. The predicted octanol–water partition coefficient (Wildman–Crippen LogP) is 2.60. The predicted molar refractivity (Wildman–Crippen MR) is 76.3 cm³/mol. The van der Waals surface area contributed by atoms with Crippen molar-refractivity contribution in [3.63, 3.8) is 0 Å². The molecule has 114 valence electrons. The van der Waals surface area contributed by atoms with Gasteiger partial charge in [-0.1, -0.05) is 12.1 Å². The van der Waals surface area contributed by atoms with Crippen molar-refractivity contribution in [1.82, 2.24) is 0 Å². The Morgan fingerprint density at radius 3 is 2.24 bits per heavy atom. The summed E-state index contributed by atoms with van der Waals surface area (Å²) in [6.45, 7) is 5.18. The van der Waals surface area contributed by atoms with Crippen LogP contribution in [-0.2, 0) is 14.3 Å². The van der Waals surface area contributed by atoms with E-state index in [1.807, 2.05) is 0 Å². The monoisotopic (exact) mass is 292 g/mol. The zero-order chi connectivity index (χ0) is 15.8. The van der Waals surface area contributed by atoms with E-state index in [0.717, 1.165) is 5.56 Å². The van der Waals surface area contributed by atoms with E-state index in [-0.39, 0.29) is 12.3 Å². The van der Waals surface area contributed by atoms with Gasteiger partial charge in [-0.25, -0.2) is 0 Å². The van der Waals surface area contributed by atoms with Crippen LogP contribution in [0.3, 0.4) is 0 Å². The van der Waals surface area contributed by atoms with Crippen molar-refractivity contribution in [1.29, 1.82) is 0 Å². The number of hydrogen-bond acceptors (Lipinski definition) is 4. The Morgan fingerprint density at radius 2 is 1.81 bits per heavy atom. The Hall–Kier alpha value is -2.04. The van der Waals surface area contributed by atoms with E-state index in [2.05, 4.69) is 0 Å². The van der Waals surface area contributed by atoms with E-state index in [4.69, 9.17) is 9.47 Å². The molecule has 5 nitrogen and oxygen atoms in total. The highest BCUT2D eigenvalue weighted by atomic mass is 16.6. The smallest absolute Gasteiger partial charge is 0.324 e. The number of rotatable bonds is 4. The number of hydrogen-bond donors (Lipinski definition) is 1. The highest BCUT2D eigenvalue weighted by molar-refractivity contribution is 6.04. The van der Waals surface area contributed by atoms with Crippen molar-refractivity contribution in [2.45, 2.75) is 38.7 Å². The molecule has 1 aromatic rings. The van der Waals surface area contributed by atoms with Gasteiger partial charge in [0, 0.05) is 5.92 Å². The molecule has 0 spiro atoms. The van der Waals surface area contributed by atoms with E-state index in [0.29, 0.717) is 5.75 Å². The summed E-state index contributed by atoms with van der Waals surface area (Å²) in [5.41, 5.74) is -1.35. The van der Waals surface area contributed by atoms with Crippen molar-refractivity contribution >= 4 is 11.9 Å². The first-order valence-electron chi connectivity index (χ1n) is 6.81. The lowest BCUT2D eigenvalue weighted by molar-refractivity contribution is -0.169. The lowest BCUT2D eigenvalue weighted by atomic mass is 9.98. The van der Waals surface area contributed by atoms with E-state index >= 15 is 0 Å². The molecule has 0 saturated heterocycles. The zero-order valence-electron chi connectivity index (χ0n) is 12.7. The van der Waals surface area contributed by atoms with Crippen LogP contribution in [0.4, 0.5) is 0 Å². The minimum atomic E-state index is -1.46. The van der Waals surface area contributed by atoms with Crippen molar-refractivity contribution in [2.24, 2.45) is 5.41 Å². The number of ether oxygens (including phenoxy) is 2. The summed E-state index contributed by atoms with van der Waals surface area (Å²) in [6, 6.07) is 7.10. The quantitative estimate of drug-likeness (QED) is 0.682. The minimum Gasteiger partial charge on any atom is -0.497 e. The first kappa shape index (κ1) is 15.4. The largest absolute Gasteiger partial charge is 0.497 e. The highest BCUT2D eigenvalue weighted by Crippen LogP contribution is 2.60. The van der Waals surface area contributed by atoms with Crippen LogP contribution < -0.4 is 4.74 Å². The summed E-state index contributed by atoms with van der Waals surface area (Å²) in [5, 5.41) is 9.48. The van der Waals surface area contributed by atoms with Crippen LogP contribution in [0.25, 0.3) is 0 Å². The molecule has 0 aromatic heterocycles. The molecule has 1 aliphatic rings. The maximum absolute atomic E-state index is 12.3.